The number of aromatic amines is 1. The molecule has 3 heterocycles. The van der Waals surface area contributed by atoms with Crippen LogP contribution in [0.2, 0.25) is 0 Å². The van der Waals surface area contributed by atoms with E-state index in [4.69, 9.17) is 9.78 Å². The molecule has 0 aromatic carbocycles. The van der Waals surface area contributed by atoms with Gasteiger partial charge in [0.2, 0.25) is 5.82 Å². The molecule has 88 valence electrons. The minimum atomic E-state index is 0.340. The average Bonchev–Trinajstić information content (AvgIpc) is 3.07. The van der Waals surface area contributed by atoms with E-state index in [2.05, 4.69) is 20.1 Å². The van der Waals surface area contributed by atoms with Crippen molar-refractivity contribution >= 4 is 0 Å². The van der Waals surface area contributed by atoms with Crippen molar-refractivity contribution in [3.63, 3.8) is 0 Å². The van der Waals surface area contributed by atoms with Crippen LogP contribution in [-0.4, -0.2) is 24.7 Å². The van der Waals surface area contributed by atoms with E-state index in [0.717, 1.165) is 5.69 Å². The van der Waals surface area contributed by atoms with Gasteiger partial charge in [-0.1, -0.05) is 5.16 Å². The molecule has 0 amide bonds. The molecule has 3 aromatic heterocycles. The van der Waals surface area contributed by atoms with E-state index in [1.54, 1.807) is 29.4 Å². The lowest BCUT2D eigenvalue weighted by atomic mass is 10.3. The third-order valence-electron chi connectivity index (χ3n) is 2.51. The number of aromatic nitrogens is 5. The normalized spacial score (nSPS) is 10.4. The van der Waals surface area contributed by atoms with Gasteiger partial charge in [0.15, 0.2) is 0 Å². The van der Waals surface area contributed by atoms with Crippen LogP contribution < -0.4 is 0 Å². The number of nitrogens with one attached hydrogen (secondary N) is 1. The molecule has 0 aliphatic heterocycles. The molecule has 0 fully saturated rings. The SMILES string of the molecule is Cn1cncc1-c1noc(-c2cc(C#N)c[nH]2)n1. The van der Waals surface area contributed by atoms with Crippen LogP contribution in [0.25, 0.3) is 23.1 Å². The van der Waals surface area contributed by atoms with E-state index in [1.165, 1.54) is 0 Å². The number of nitriles is 1. The van der Waals surface area contributed by atoms with Crippen molar-refractivity contribution in [3.05, 3.63) is 30.4 Å². The van der Waals surface area contributed by atoms with Gasteiger partial charge in [-0.2, -0.15) is 10.2 Å². The molecule has 0 spiro atoms. The van der Waals surface area contributed by atoms with Gasteiger partial charge in [-0.05, 0) is 6.07 Å². The van der Waals surface area contributed by atoms with Crippen molar-refractivity contribution in [3.8, 4) is 29.2 Å². The first kappa shape index (κ1) is 10.3. The van der Waals surface area contributed by atoms with Crippen molar-refractivity contribution in [2.24, 2.45) is 7.05 Å². The Hall–Kier alpha value is -2.88. The van der Waals surface area contributed by atoms with E-state index < -0.39 is 0 Å². The predicted molar refractivity (Wildman–Crippen MR) is 61.0 cm³/mol. The Kier molecular flexibility index (Phi) is 2.20. The van der Waals surface area contributed by atoms with Crippen LogP contribution in [-0.2, 0) is 7.05 Å². The summed E-state index contributed by atoms with van der Waals surface area (Å²) >= 11 is 0. The molecule has 0 bridgehead atoms. The summed E-state index contributed by atoms with van der Waals surface area (Å²) in [5.41, 5.74) is 1.90. The average molecular weight is 240 g/mol. The van der Waals surface area contributed by atoms with E-state index in [-0.39, 0.29) is 0 Å². The monoisotopic (exact) mass is 240 g/mol. The van der Waals surface area contributed by atoms with E-state index in [0.29, 0.717) is 23.0 Å². The number of imidazole rings is 1. The van der Waals surface area contributed by atoms with Gasteiger partial charge in [-0.15, -0.1) is 0 Å². The van der Waals surface area contributed by atoms with Gasteiger partial charge in [0.05, 0.1) is 18.1 Å². The molecular weight excluding hydrogens is 232 g/mol. The molecule has 18 heavy (non-hydrogen) atoms. The number of rotatable bonds is 2. The molecule has 7 nitrogen and oxygen atoms in total. The van der Waals surface area contributed by atoms with Crippen LogP contribution in [0.5, 0.6) is 0 Å². The molecule has 0 saturated carbocycles. The minimum Gasteiger partial charge on any atom is -0.356 e. The molecule has 3 aromatic rings. The van der Waals surface area contributed by atoms with Gasteiger partial charge < -0.3 is 14.1 Å². The Morgan fingerprint density at radius 2 is 2.39 bits per heavy atom. The van der Waals surface area contributed by atoms with Gasteiger partial charge in [0.1, 0.15) is 17.5 Å². The van der Waals surface area contributed by atoms with Gasteiger partial charge >= 0.3 is 0 Å². The Morgan fingerprint density at radius 1 is 1.50 bits per heavy atom. The first-order chi connectivity index (χ1) is 8.78. The highest BCUT2D eigenvalue weighted by molar-refractivity contribution is 5.56. The molecule has 1 N–H and O–H groups in total. The minimum absolute atomic E-state index is 0.340. The molecule has 0 aliphatic carbocycles. The maximum Gasteiger partial charge on any atom is 0.274 e. The molecule has 0 aliphatic rings. The molecule has 0 radical (unpaired) electrons. The van der Waals surface area contributed by atoms with E-state index >= 15 is 0 Å². The van der Waals surface area contributed by atoms with Crippen molar-refractivity contribution < 1.29 is 4.52 Å². The largest absolute Gasteiger partial charge is 0.356 e. The molecule has 0 atom stereocenters. The highest BCUT2D eigenvalue weighted by Gasteiger charge is 2.14. The quantitative estimate of drug-likeness (QED) is 0.729. The van der Waals surface area contributed by atoms with Gasteiger partial charge in [0, 0.05) is 13.2 Å². The summed E-state index contributed by atoms with van der Waals surface area (Å²) in [5, 5.41) is 12.6. The van der Waals surface area contributed by atoms with E-state index in [1.807, 2.05) is 13.1 Å². The Balaban J connectivity index is 1.99. The lowest BCUT2D eigenvalue weighted by Crippen LogP contribution is -1.90. The second kappa shape index (κ2) is 3.85. The lowest BCUT2D eigenvalue weighted by Gasteiger charge is -1.92. The second-order valence-corrected chi connectivity index (χ2v) is 3.73. The maximum absolute atomic E-state index is 8.74. The van der Waals surface area contributed by atoms with Gasteiger partial charge in [-0.3, -0.25) is 0 Å². The molecular formula is C11H8N6O. The number of hydrogen-bond acceptors (Lipinski definition) is 5. The summed E-state index contributed by atoms with van der Waals surface area (Å²) in [4.78, 5) is 11.1. The highest BCUT2D eigenvalue weighted by atomic mass is 16.5. The Morgan fingerprint density at radius 3 is 3.06 bits per heavy atom. The molecule has 0 saturated heterocycles. The zero-order valence-corrected chi connectivity index (χ0v) is 9.45. The molecule has 3 rings (SSSR count). The third kappa shape index (κ3) is 1.56. The third-order valence-corrected chi connectivity index (χ3v) is 2.51. The summed E-state index contributed by atoms with van der Waals surface area (Å²) in [7, 11) is 1.85. The topological polar surface area (TPSA) is 96.3 Å². The Labute approximate surface area is 102 Å². The molecule has 0 unspecified atom stereocenters. The standard InChI is InChI=1S/C11H8N6O/c1-17-6-13-5-9(17)10-15-11(18-16-10)8-2-7(3-12)4-14-8/h2,4-6,14H,1H3. The summed E-state index contributed by atoms with van der Waals surface area (Å²) in [6.07, 6.45) is 4.90. The van der Waals surface area contributed by atoms with Crippen molar-refractivity contribution in [2.45, 2.75) is 0 Å². The van der Waals surface area contributed by atoms with Crippen LogP contribution in [0.4, 0.5) is 0 Å². The fourth-order valence-corrected chi connectivity index (χ4v) is 1.59. The summed E-state index contributed by atoms with van der Waals surface area (Å²) in [5.74, 6) is 0.797. The zero-order valence-electron chi connectivity index (χ0n) is 9.45. The Bertz CT molecular complexity index is 729. The number of nitrogens with zero attached hydrogens (tertiary/aromatic N) is 5. The predicted octanol–water partition coefficient (Wildman–Crippen LogP) is 1.34. The smallest absolute Gasteiger partial charge is 0.274 e. The first-order valence-corrected chi connectivity index (χ1v) is 5.17. The second-order valence-electron chi connectivity index (χ2n) is 3.73. The first-order valence-electron chi connectivity index (χ1n) is 5.17. The lowest BCUT2D eigenvalue weighted by molar-refractivity contribution is 0.431. The van der Waals surface area contributed by atoms with Gasteiger partial charge in [0.25, 0.3) is 5.89 Å². The van der Waals surface area contributed by atoms with Crippen molar-refractivity contribution in [2.75, 3.05) is 0 Å². The van der Waals surface area contributed by atoms with Gasteiger partial charge in [-0.25, -0.2) is 4.98 Å². The summed E-state index contributed by atoms with van der Waals surface area (Å²) in [6, 6.07) is 3.68. The van der Waals surface area contributed by atoms with Crippen molar-refractivity contribution in [1.82, 2.24) is 24.7 Å². The maximum atomic E-state index is 8.74. The summed E-state index contributed by atoms with van der Waals surface area (Å²) < 4.78 is 6.94. The fourth-order valence-electron chi connectivity index (χ4n) is 1.59. The van der Waals surface area contributed by atoms with Crippen LogP contribution >= 0.6 is 0 Å². The van der Waals surface area contributed by atoms with Crippen LogP contribution in [0.1, 0.15) is 5.56 Å². The van der Waals surface area contributed by atoms with Crippen LogP contribution in [0.3, 0.4) is 0 Å². The fraction of sp³-hybridized carbons (Fsp3) is 0.0909. The highest BCUT2D eigenvalue weighted by Crippen LogP contribution is 2.21. The van der Waals surface area contributed by atoms with Crippen LogP contribution in [0.15, 0.2) is 29.3 Å². The zero-order chi connectivity index (χ0) is 12.5. The van der Waals surface area contributed by atoms with E-state index in [9.17, 15) is 0 Å². The number of aryl methyl sites for hydroxylation is 1. The molecule has 7 heteroatoms. The number of hydrogen-bond donors (Lipinski definition) is 1. The summed E-state index contributed by atoms with van der Waals surface area (Å²) in [6.45, 7) is 0. The van der Waals surface area contributed by atoms with Crippen molar-refractivity contribution in [1.29, 1.82) is 5.26 Å². The number of H-pyrrole nitrogens is 1. The van der Waals surface area contributed by atoms with Crippen LogP contribution in [0, 0.1) is 11.3 Å².